The Morgan fingerprint density at radius 1 is 1.04 bits per heavy atom. The molecule has 148 valence electrons. The minimum atomic E-state index is -5.70. The molecule has 2 atom stereocenters. The van der Waals surface area contributed by atoms with Gasteiger partial charge in [-0.25, -0.2) is 0 Å². The lowest BCUT2D eigenvalue weighted by molar-refractivity contribution is -0.316. The molecule has 0 aromatic heterocycles. The number of esters is 1. The highest BCUT2D eigenvalue weighted by molar-refractivity contribution is 5.77. The van der Waals surface area contributed by atoms with E-state index in [1.165, 1.54) is 6.92 Å². The van der Waals surface area contributed by atoms with E-state index in [-0.39, 0.29) is 11.8 Å². The molecule has 1 rings (SSSR count). The molecule has 1 aliphatic rings. The summed E-state index contributed by atoms with van der Waals surface area (Å²) < 4.78 is 80.1. The molecule has 8 heteroatoms. The third kappa shape index (κ3) is 5.03. The standard InChI is InChI=1S/C17H26F6O2/c1-13(2,3)15(6,8-7-10-9-14(10,4)5)12(24)25-11(16(18,19)20)17(21,22)23/h10-11H,7-9H2,1-6H3. The van der Waals surface area contributed by atoms with Gasteiger partial charge in [-0.2, -0.15) is 26.3 Å². The predicted molar refractivity (Wildman–Crippen MR) is 80.7 cm³/mol. The summed E-state index contributed by atoms with van der Waals surface area (Å²) in [5.74, 6) is -1.15. The van der Waals surface area contributed by atoms with E-state index in [9.17, 15) is 31.1 Å². The van der Waals surface area contributed by atoms with Gasteiger partial charge in [0, 0.05) is 0 Å². The summed E-state index contributed by atoms with van der Waals surface area (Å²) in [4.78, 5) is 12.4. The molecular formula is C17H26F6O2. The summed E-state index contributed by atoms with van der Waals surface area (Å²) >= 11 is 0. The first-order valence-corrected chi connectivity index (χ1v) is 8.17. The number of hydrogen-bond donors (Lipinski definition) is 0. The molecule has 0 radical (unpaired) electrons. The largest absolute Gasteiger partial charge is 0.442 e. The number of carbonyl (C=O) groups is 1. The number of alkyl halides is 6. The highest BCUT2D eigenvalue weighted by Gasteiger charge is 2.61. The molecule has 0 N–H and O–H groups in total. The van der Waals surface area contributed by atoms with Crippen LogP contribution >= 0.6 is 0 Å². The topological polar surface area (TPSA) is 26.3 Å². The number of carbonyl (C=O) groups excluding carboxylic acids is 1. The van der Waals surface area contributed by atoms with E-state index in [0.29, 0.717) is 12.3 Å². The first-order valence-electron chi connectivity index (χ1n) is 8.17. The van der Waals surface area contributed by atoms with Crippen molar-refractivity contribution < 1.29 is 35.9 Å². The molecule has 1 fully saturated rings. The van der Waals surface area contributed by atoms with Gasteiger partial charge in [-0.3, -0.25) is 4.79 Å². The fraction of sp³-hybridized carbons (Fsp3) is 0.941. The number of ether oxygens (including phenoxy) is 1. The van der Waals surface area contributed by atoms with Gasteiger partial charge in [0.15, 0.2) is 0 Å². The zero-order chi connectivity index (χ0) is 20.1. The van der Waals surface area contributed by atoms with Crippen molar-refractivity contribution in [3.05, 3.63) is 0 Å². The van der Waals surface area contributed by atoms with Crippen molar-refractivity contribution in [2.75, 3.05) is 0 Å². The second-order valence-electron chi connectivity index (χ2n) is 8.88. The van der Waals surface area contributed by atoms with E-state index in [2.05, 4.69) is 4.74 Å². The van der Waals surface area contributed by atoms with Crippen LogP contribution in [0.15, 0.2) is 0 Å². The molecule has 0 amide bonds. The molecule has 0 spiro atoms. The lowest BCUT2D eigenvalue weighted by Crippen LogP contribution is -2.50. The van der Waals surface area contributed by atoms with Crippen molar-refractivity contribution in [1.82, 2.24) is 0 Å². The Hall–Kier alpha value is -0.950. The van der Waals surface area contributed by atoms with Crippen LogP contribution in [0, 0.1) is 22.2 Å². The Morgan fingerprint density at radius 3 is 1.72 bits per heavy atom. The second-order valence-corrected chi connectivity index (χ2v) is 8.88. The maximum atomic E-state index is 12.7. The maximum Gasteiger partial charge on any atom is 0.434 e. The SMILES string of the molecule is CC1(C)CC1CCC(C)(C(=O)OC(C(F)(F)F)C(F)(F)F)C(C)(C)C. The molecule has 0 aromatic rings. The summed E-state index contributed by atoms with van der Waals surface area (Å²) in [6, 6.07) is 0. The van der Waals surface area contributed by atoms with Crippen LogP contribution in [0.1, 0.15) is 60.8 Å². The molecule has 1 aliphatic carbocycles. The van der Waals surface area contributed by atoms with Gasteiger partial charge >= 0.3 is 18.3 Å². The number of halogens is 6. The predicted octanol–water partition coefficient (Wildman–Crippen LogP) is 5.90. The van der Waals surface area contributed by atoms with Crippen LogP contribution in [0.4, 0.5) is 26.3 Å². The fourth-order valence-corrected chi connectivity index (χ4v) is 2.87. The molecule has 2 unspecified atom stereocenters. The molecule has 0 saturated heterocycles. The van der Waals surface area contributed by atoms with Gasteiger partial charge in [0.1, 0.15) is 0 Å². The van der Waals surface area contributed by atoms with Gasteiger partial charge in [-0.05, 0) is 42.9 Å². The van der Waals surface area contributed by atoms with Crippen molar-refractivity contribution in [2.24, 2.45) is 22.2 Å². The normalized spacial score (nSPS) is 23.3. The van der Waals surface area contributed by atoms with E-state index in [4.69, 9.17) is 0 Å². The van der Waals surface area contributed by atoms with E-state index >= 15 is 0 Å². The minimum absolute atomic E-state index is 0.100. The summed E-state index contributed by atoms with van der Waals surface area (Å²) in [6.45, 7) is 10.3. The highest BCUT2D eigenvalue weighted by Crippen LogP contribution is 2.56. The van der Waals surface area contributed by atoms with Crippen LogP contribution in [0.3, 0.4) is 0 Å². The smallest absolute Gasteiger partial charge is 0.434 e. The van der Waals surface area contributed by atoms with Crippen LogP contribution < -0.4 is 0 Å². The molecule has 2 nitrogen and oxygen atoms in total. The summed E-state index contributed by atoms with van der Waals surface area (Å²) in [5, 5.41) is 0. The van der Waals surface area contributed by atoms with Crippen LogP contribution in [0.25, 0.3) is 0 Å². The van der Waals surface area contributed by atoms with Crippen molar-refractivity contribution in [2.45, 2.75) is 79.3 Å². The fourth-order valence-electron chi connectivity index (χ4n) is 2.87. The van der Waals surface area contributed by atoms with Crippen LogP contribution in [0.5, 0.6) is 0 Å². The van der Waals surface area contributed by atoms with Gasteiger partial charge in [0.2, 0.25) is 0 Å². The van der Waals surface area contributed by atoms with Crippen molar-refractivity contribution in [3.8, 4) is 0 Å². The van der Waals surface area contributed by atoms with Gasteiger partial charge in [-0.15, -0.1) is 0 Å². The van der Waals surface area contributed by atoms with E-state index in [1.54, 1.807) is 20.8 Å². The third-order valence-corrected chi connectivity index (χ3v) is 5.64. The Labute approximate surface area is 144 Å². The Kier molecular flexibility index (Phi) is 5.60. The Balaban J connectivity index is 3.00. The Bertz CT molecular complexity index is 487. The number of hydrogen-bond acceptors (Lipinski definition) is 2. The van der Waals surface area contributed by atoms with Crippen LogP contribution in [-0.4, -0.2) is 24.4 Å². The van der Waals surface area contributed by atoms with Gasteiger partial charge in [0.05, 0.1) is 5.41 Å². The van der Waals surface area contributed by atoms with Gasteiger partial charge < -0.3 is 4.74 Å². The lowest BCUT2D eigenvalue weighted by atomic mass is 9.65. The van der Waals surface area contributed by atoms with Gasteiger partial charge in [0.25, 0.3) is 6.10 Å². The maximum absolute atomic E-state index is 12.7. The average Bonchev–Trinajstić information content (AvgIpc) is 2.96. The summed E-state index contributed by atoms with van der Waals surface area (Å²) in [6.07, 6.45) is -13.9. The third-order valence-electron chi connectivity index (χ3n) is 5.64. The van der Waals surface area contributed by atoms with E-state index < -0.39 is 35.3 Å². The lowest BCUT2D eigenvalue weighted by Gasteiger charge is -2.41. The van der Waals surface area contributed by atoms with E-state index in [1.807, 2.05) is 13.8 Å². The Morgan fingerprint density at radius 2 is 1.44 bits per heavy atom. The molecule has 25 heavy (non-hydrogen) atoms. The zero-order valence-corrected chi connectivity index (χ0v) is 15.4. The molecule has 1 saturated carbocycles. The summed E-state index contributed by atoms with van der Waals surface area (Å²) in [7, 11) is 0. The molecule has 0 aliphatic heterocycles. The van der Waals surface area contributed by atoms with Crippen molar-refractivity contribution >= 4 is 5.97 Å². The van der Waals surface area contributed by atoms with Crippen molar-refractivity contribution in [1.29, 1.82) is 0 Å². The molecular weight excluding hydrogens is 350 g/mol. The molecule has 0 bridgehead atoms. The average molecular weight is 376 g/mol. The van der Waals surface area contributed by atoms with Crippen LogP contribution in [0.2, 0.25) is 0 Å². The van der Waals surface area contributed by atoms with Crippen molar-refractivity contribution in [3.63, 3.8) is 0 Å². The minimum Gasteiger partial charge on any atom is -0.442 e. The van der Waals surface area contributed by atoms with Crippen LogP contribution in [-0.2, 0) is 9.53 Å². The zero-order valence-electron chi connectivity index (χ0n) is 15.4. The molecule has 0 aromatic carbocycles. The highest BCUT2D eigenvalue weighted by atomic mass is 19.4. The molecule has 0 heterocycles. The summed E-state index contributed by atoms with van der Waals surface area (Å²) in [5.41, 5.74) is -2.21. The number of rotatable bonds is 5. The van der Waals surface area contributed by atoms with Gasteiger partial charge in [-0.1, -0.05) is 34.6 Å². The van der Waals surface area contributed by atoms with E-state index in [0.717, 1.165) is 6.42 Å². The second kappa shape index (κ2) is 6.34. The first kappa shape index (κ1) is 22.1. The monoisotopic (exact) mass is 376 g/mol. The quantitative estimate of drug-likeness (QED) is 0.441. The first-order chi connectivity index (χ1) is 10.8.